The quantitative estimate of drug-likeness (QED) is 0.726. The lowest BCUT2D eigenvalue weighted by Gasteiger charge is -2.33. The van der Waals surface area contributed by atoms with Gasteiger partial charge in [0.05, 0.1) is 6.54 Å². The summed E-state index contributed by atoms with van der Waals surface area (Å²) < 4.78 is 0. The summed E-state index contributed by atoms with van der Waals surface area (Å²) in [7, 11) is 0. The monoisotopic (exact) mass is 278 g/mol. The van der Waals surface area contributed by atoms with Gasteiger partial charge in [0.25, 0.3) is 5.91 Å². The third-order valence-corrected chi connectivity index (χ3v) is 3.67. The highest BCUT2D eigenvalue weighted by molar-refractivity contribution is 6.04. The van der Waals surface area contributed by atoms with Gasteiger partial charge in [-0.2, -0.15) is 0 Å². The fourth-order valence-corrected chi connectivity index (χ4v) is 2.56. The number of aromatic amines is 1. The number of rotatable bonds is 5. The van der Waals surface area contributed by atoms with Crippen LogP contribution in [0.2, 0.25) is 0 Å². The molecular weight excluding hydrogens is 256 g/mol. The van der Waals surface area contributed by atoms with Crippen molar-refractivity contribution in [3.8, 4) is 0 Å². The van der Waals surface area contributed by atoms with Gasteiger partial charge in [-0.05, 0) is 44.6 Å². The zero-order valence-corrected chi connectivity index (χ0v) is 11.8. The number of H-pyrrole nitrogens is 1. The molecule has 0 bridgehead atoms. The van der Waals surface area contributed by atoms with Crippen molar-refractivity contribution in [2.24, 2.45) is 0 Å². The third-order valence-electron chi connectivity index (χ3n) is 3.67. The first-order valence-corrected chi connectivity index (χ1v) is 7.13. The molecule has 1 aliphatic heterocycles. The largest absolute Gasteiger partial charge is 0.357 e. The zero-order valence-electron chi connectivity index (χ0n) is 11.8. The number of amides is 2. The van der Waals surface area contributed by atoms with Gasteiger partial charge in [0.1, 0.15) is 5.69 Å². The summed E-state index contributed by atoms with van der Waals surface area (Å²) in [6, 6.07) is 3.80. The molecule has 1 aliphatic rings. The minimum atomic E-state index is -0.374. The van der Waals surface area contributed by atoms with Crippen LogP contribution >= 0.6 is 0 Å². The fourth-order valence-electron chi connectivity index (χ4n) is 2.56. The number of nitrogens with one attached hydrogen (secondary N) is 3. The molecule has 2 rings (SSSR count). The van der Waals surface area contributed by atoms with Crippen LogP contribution in [0.1, 0.15) is 30.3 Å². The molecule has 1 aromatic rings. The van der Waals surface area contributed by atoms with E-state index in [9.17, 15) is 9.59 Å². The Labute approximate surface area is 118 Å². The smallest absolute Gasteiger partial charge is 0.274 e. The van der Waals surface area contributed by atoms with Crippen LogP contribution in [0.3, 0.4) is 0 Å². The van der Waals surface area contributed by atoms with Gasteiger partial charge in [-0.25, -0.2) is 0 Å². The molecule has 6 nitrogen and oxygen atoms in total. The average Bonchev–Trinajstić information content (AvgIpc) is 3.00. The van der Waals surface area contributed by atoms with E-state index in [0.29, 0.717) is 11.7 Å². The van der Waals surface area contributed by atoms with Crippen molar-refractivity contribution < 1.29 is 9.59 Å². The van der Waals surface area contributed by atoms with E-state index in [4.69, 9.17) is 0 Å². The van der Waals surface area contributed by atoms with Crippen LogP contribution in [0, 0.1) is 0 Å². The van der Waals surface area contributed by atoms with E-state index in [1.54, 1.807) is 18.3 Å². The summed E-state index contributed by atoms with van der Waals surface area (Å²) in [5.41, 5.74) is 0.406. The van der Waals surface area contributed by atoms with Crippen LogP contribution in [0.5, 0.6) is 0 Å². The van der Waals surface area contributed by atoms with Crippen LogP contribution < -0.4 is 10.6 Å². The highest BCUT2D eigenvalue weighted by Crippen LogP contribution is 2.11. The number of hydrogen-bond acceptors (Lipinski definition) is 4. The maximum absolute atomic E-state index is 12.0. The number of carbonyl (C=O) groups excluding carboxylic acids is 2. The first-order chi connectivity index (χ1) is 9.70. The Morgan fingerprint density at radius 1 is 1.40 bits per heavy atom. The fraction of sp³-hybridized carbons (Fsp3) is 0.571. The molecule has 1 fully saturated rings. The molecule has 0 unspecified atom stereocenters. The summed E-state index contributed by atoms with van der Waals surface area (Å²) in [5, 5.41) is 5.73. The van der Waals surface area contributed by atoms with Crippen molar-refractivity contribution >= 4 is 11.8 Å². The Morgan fingerprint density at radius 3 is 2.75 bits per heavy atom. The van der Waals surface area contributed by atoms with Crippen molar-refractivity contribution in [3.05, 3.63) is 24.0 Å². The number of aromatic nitrogens is 1. The van der Waals surface area contributed by atoms with E-state index in [-0.39, 0.29) is 18.4 Å². The molecule has 0 aromatic carbocycles. The third kappa shape index (κ3) is 3.91. The topological polar surface area (TPSA) is 77.2 Å². The van der Waals surface area contributed by atoms with Crippen molar-refractivity contribution in [1.29, 1.82) is 0 Å². The number of imide groups is 1. The van der Waals surface area contributed by atoms with Gasteiger partial charge < -0.3 is 10.3 Å². The van der Waals surface area contributed by atoms with Crippen molar-refractivity contribution in [2.75, 3.05) is 26.2 Å². The van der Waals surface area contributed by atoms with Crippen molar-refractivity contribution in [2.45, 2.75) is 25.8 Å². The molecule has 20 heavy (non-hydrogen) atoms. The lowest BCUT2D eigenvalue weighted by molar-refractivity contribution is -0.121. The molecule has 3 N–H and O–H groups in total. The summed E-state index contributed by atoms with van der Waals surface area (Å²) in [5.74, 6) is -0.619. The van der Waals surface area contributed by atoms with E-state index in [2.05, 4.69) is 20.5 Å². The number of hydrogen-bond donors (Lipinski definition) is 3. The highest BCUT2D eigenvalue weighted by Gasteiger charge is 2.22. The zero-order chi connectivity index (χ0) is 14.4. The van der Waals surface area contributed by atoms with Gasteiger partial charge in [0, 0.05) is 12.2 Å². The first kappa shape index (κ1) is 14.7. The lowest BCUT2D eigenvalue weighted by atomic mass is 10.0. The molecule has 0 radical (unpaired) electrons. The van der Waals surface area contributed by atoms with Crippen molar-refractivity contribution in [3.63, 3.8) is 0 Å². The van der Waals surface area contributed by atoms with Crippen LogP contribution in [-0.2, 0) is 4.79 Å². The van der Waals surface area contributed by atoms with Crippen molar-refractivity contribution in [1.82, 2.24) is 20.5 Å². The molecule has 6 heteroatoms. The summed E-state index contributed by atoms with van der Waals surface area (Å²) in [4.78, 5) is 28.7. The Morgan fingerprint density at radius 2 is 2.15 bits per heavy atom. The Hall–Kier alpha value is -1.66. The lowest BCUT2D eigenvalue weighted by Crippen LogP contribution is -2.48. The van der Waals surface area contributed by atoms with E-state index in [1.807, 2.05) is 6.92 Å². The molecule has 0 saturated carbocycles. The van der Waals surface area contributed by atoms with Gasteiger partial charge in [0.2, 0.25) is 5.91 Å². The number of piperidine rings is 1. The van der Waals surface area contributed by atoms with E-state index >= 15 is 0 Å². The second kappa shape index (κ2) is 7.21. The Bertz CT molecular complexity index is 438. The van der Waals surface area contributed by atoms with Gasteiger partial charge in [-0.3, -0.25) is 19.8 Å². The second-order valence-corrected chi connectivity index (χ2v) is 5.01. The number of nitrogens with zero attached hydrogens (tertiary/aromatic N) is 1. The Kier molecular flexibility index (Phi) is 5.31. The summed E-state index contributed by atoms with van der Waals surface area (Å²) >= 11 is 0. The first-order valence-electron chi connectivity index (χ1n) is 7.13. The SMILES string of the molecule is CCN(CC(=O)NC(=O)c1ccc[nH]1)C1CCNCC1. The van der Waals surface area contributed by atoms with Gasteiger partial charge >= 0.3 is 0 Å². The predicted molar refractivity (Wildman–Crippen MR) is 76.4 cm³/mol. The standard InChI is InChI=1S/C14H22N4O2/c1-2-18(11-5-8-15-9-6-11)10-13(19)17-14(20)12-4-3-7-16-12/h3-4,7,11,15-16H,2,5-6,8-10H2,1H3,(H,17,19,20). The molecule has 2 heterocycles. The predicted octanol–water partition coefficient (Wildman–Crippen LogP) is 0.345. The molecule has 0 aliphatic carbocycles. The average molecular weight is 278 g/mol. The van der Waals surface area contributed by atoms with E-state index in [1.165, 1.54) is 0 Å². The van der Waals surface area contributed by atoms with Gasteiger partial charge in [-0.15, -0.1) is 0 Å². The van der Waals surface area contributed by atoms with Crippen LogP contribution in [0.25, 0.3) is 0 Å². The normalized spacial score (nSPS) is 16.3. The highest BCUT2D eigenvalue weighted by atomic mass is 16.2. The molecule has 0 spiro atoms. The Balaban J connectivity index is 1.84. The van der Waals surface area contributed by atoms with Crippen LogP contribution in [0.4, 0.5) is 0 Å². The molecule has 1 aromatic heterocycles. The maximum Gasteiger partial charge on any atom is 0.274 e. The van der Waals surface area contributed by atoms with Crippen LogP contribution in [0.15, 0.2) is 18.3 Å². The molecular formula is C14H22N4O2. The minimum absolute atomic E-state index is 0.245. The van der Waals surface area contributed by atoms with Crippen LogP contribution in [-0.4, -0.2) is 53.9 Å². The summed E-state index contributed by atoms with van der Waals surface area (Å²) in [6.07, 6.45) is 3.75. The number of likely N-dealkylation sites (N-methyl/N-ethyl adjacent to an activating group) is 1. The van der Waals surface area contributed by atoms with Gasteiger partial charge in [0.15, 0.2) is 0 Å². The van der Waals surface area contributed by atoms with Gasteiger partial charge in [-0.1, -0.05) is 6.92 Å². The molecule has 2 amide bonds. The summed E-state index contributed by atoms with van der Waals surface area (Å²) in [6.45, 7) is 5.11. The molecule has 1 saturated heterocycles. The second-order valence-electron chi connectivity index (χ2n) is 5.01. The minimum Gasteiger partial charge on any atom is -0.357 e. The maximum atomic E-state index is 12.0. The van der Waals surface area contributed by atoms with E-state index in [0.717, 1.165) is 32.5 Å². The molecule has 0 atom stereocenters. The van der Waals surface area contributed by atoms with E-state index < -0.39 is 0 Å². The molecule has 110 valence electrons. The number of carbonyl (C=O) groups is 2.